The lowest BCUT2D eigenvalue weighted by atomic mass is 10.0. The van der Waals surface area contributed by atoms with E-state index in [4.69, 9.17) is 14.2 Å². The number of morpholine rings is 1. The lowest BCUT2D eigenvalue weighted by Gasteiger charge is -2.37. The summed E-state index contributed by atoms with van der Waals surface area (Å²) in [7, 11) is 1.31. The van der Waals surface area contributed by atoms with Crippen molar-refractivity contribution < 1.29 is 28.6 Å². The molecule has 3 fully saturated rings. The highest BCUT2D eigenvalue weighted by atomic mass is 16.7. The first-order chi connectivity index (χ1) is 15.9. The molecule has 4 rings (SSSR count). The average molecular weight is 460 g/mol. The van der Waals surface area contributed by atoms with Gasteiger partial charge in [0.1, 0.15) is 6.04 Å². The van der Waals surface area contributed by atoms with Crippen LogP contribution in [0, 0.1) is 5.92 Å². The predicted octanol–water partition coefficient (Wildman–Crippen LogP) is 0.871. The van der Waals surface area contributed by atoms with Gasteiger partial charge in [-0.05, 0) is 17.9 Å². The molecule has 0 N–H and O–H groups in total. The first kappa shape index (κ1) is 23.7. The Kier molecular flexibility index (Phi) is 7.31. The Morgan fingerprint density at radius 1 is 1.09 bits per heavy atom. The molecule has 4 unspecified atom stereocenters. The highest BCUT2D eigenvalue weighted by Gasteiger charge is 2.54. The Bertz CT molecular complexity index is 855. The summed E-state index contributed by atoms with van der Waals surface area (Å²) in [5.74, 6) is -0.889. The summed E-state index contributed by atoms with van der Waals surface area (Å²) in [4.78, 5) is 44.4. The molecule has 2 bridgehead atoms. The van der Waals surface area contributed by atoms with Gasteiger partial charge >= 0.3 is 5.97 Å². The molecule has 1 aromatic carbocycles. The van der Waals surface area contributed by atoms with E-state index < -0.39 is 30.5 Å². The summed E-state index contributed by atoms with van der Waals surface area (Å²) >= 11 is 0. The maximum Gasteiger partial charge on any atom is 0.328 e. The minimum atomic E-state index is -1.03. The van der Waals surface area contributed by atoms with E-state index in [1.165, 1.54) is 17.6 Å². The third-order valence-electron chi connectivity index (χ3n) is 6.46. The van der Waals surface area contributed by atoms with Crippen molar-refractivity contribution in [3.05, 3.63) is 35.9 Å². The molecule has 4 atom stereocenters. The normalized spacial score (nSPS) is 26.5. The second-order valence-electron chi connectivity index (χ2n) is 9.29. The number of carbonyl (C=O) groups excluding carboxylic acids is 3. The van der Waals surface area contributed by atoms with E-state index in [1.54, 1.807) is 4.90 Å². The van der Waals surface area contributed by atoms with Gasteiger partial charge in [-0.3, -0.25) is 14.5 Å². The van der Waals surface area contributed by atoms with Crippen LogP contribution in [0.4, 0.5) is 0 Å². The molecule has 1 aromatic rings. The SMILES string of the molecule is COC(=O)C(CC(C)C)N1CC2OC(C(=O)N3CCN(Cc4ccccc4)CC3)C(O2)C1=O. The highest BCUT2D eigenvalue weighted by molar-refractivity contribution is 5.94. The summed E-state index contributed by atoms with van der Waals surface area (Å²) in [6, 6.07) is 9.53. The molecule has 0 aromatic heterocycles. The van der Waals surface area contributed by atoms with Gasteiger partial charge in [-0.2, -0.15) is 0 Å². The van der Waals surface area contributed by atoms with E-state index in [9.17, 15) is 14.4 Å². The molecule has 9 nitrogen and oxygen atoms in total. The Hall–Kier alpha value is -2.49. The van der Waals surface area contributed by atoms with Crippen LogP contribution in [-0.4, -0.2) is 96.9 Å². The maximum atomic E-state index is 13.2. The molecule has 2 amide bonds. The third-order valence-corrected chi connectivity index (χ3v) is 6.46. The summed E-state index contributed by atoms with van der Waals surface area (Å²) in [5.41, 5.74) is 1.24. The number of hydrogen-bond acceptors (Lipinski definition) is 7. The number of benzene rings is 1. The number of piperazine rings is 1. The number of rotatable bonds is 7. The van der Waals surface area contributed by atoms with E-state index >= 15 is 0 Å². The summed E-state index contributed by atoms with van der Waals surface area (Å²) in [6.07, 6.45) is -2.26. The molecule has 3 aliphatic rings. The van der Waals surface area contributed by atoms with Crippen LogP contribution in [0.15, 0.2) is 30.3 Å². The van der Waals surface area contributed by atoms with Crippen LogP contribution in [0.2, 0.25) is 0 Å². The molecule has 0 radical (unpaired) electrons. The van der Waals surface area contributed by atoms with Gasteiger partial charge in [0.15, 0.2) is 18.5 Å². The molecule has 3 saturated heterocycles. The second kappa shape index (κ2) is 10.2. The number of ether oxygens (including phenoxy) is 3. The predicted molar refractivity (Wildman–Crippen MR) is 119 cm³/mol. The van der Waals surface area contributed by atoms with Crippen LogP contribution in [0.3, 0.4) is 0 Å². The first-order valence-corrected chi connectivity index (χ1v) is 11.6. The summed E-state index contributed by atoms with van der Waals surface area (Å²) in [5, 5.41) is 0. The zero-order valence-corrected chi connectivity index (χ0v) is 19.5. The summed E-state index contributed by atoms with van der Waals surface area (Å²) in [6.45, 7) is 7.55. The Balaban J connectivity index is 1.37. The standard InChI is InChI=1S/C24H33N3O6/c1-16(2)13-18(24(30)31-3)27-15-19-32-20(21(33-19)23(27)29)22(28)26-11-9-25(10-12-26)14-17-7-5-4-6-8-17/h4-8,16,18-21H,9-15H2,1-3H3. The molecule has 3 aliphatic heterocycles. The number of nitrogens with zero attached hydrogens (tertiary/aromatic N) is 3. The topological polar surface area (TPSA) is 88.6 Å². The second-order valence-corrected chi connectivity index (χ2v) is 9.29. The molecule has 0 aliphatic carbocycles. The van der Waals surface area contributed by atoms with Crippen molar-refractivity contribution in [1.82, 2.24) is 14.7 Å². The first-order valence-electron chi connectivity index (χ1n) is 11.6. The van der Waals surface area contributed by atoms with Gasteiger partial charge in [-0.15, -0.1) is 0 Å². The van der Waals surface area contributed by atoms with E-state index in [1.807, 2.05) is 32.0 Å². The van der Waals surface area contributed by atoms with Crippen molar-refractivity contribution in [3.8, 4) is 0 Å². The lowest BCUT2D eigenvalue weighted by molar-refractivity contribution is -0.174. The monoisotopic (exact) mass is 459 g/mol. The molecule has 33 heavy (non-hydrogen) atoms. The summed E-state index contributed by atoms with van der Waals surface area (Å²) < 4.78 is 16.5. The third kappa shape index (κ3) is 5.20. The van der Waals surface area contributed by atoms with E-state index in [0.717, 1.165) is 19.6 Å². The number of carbonyl (C=O) groups is 3. The average Bonchev–Trinajstić information content (AvgIpc) is 3.19. The van der Waals surface area contributed by atoms with Crippen molar-refractivity contribution in [2.45, 2.75) is 51.4 Å². The van der Waals surface area contributed by atoms with Crippen LogP contribution in [0.1, 0.15) is 25.8 Å². The van der Waals surface area contributed by atoms with Crippen LogP contribution in [-0.2, 0) is 35.1 Å². The van der Waals surface area contributed by atoms with Gasteiger partial charge in [0.05, 0.1) is 13.7 Å². The van der Waals surface area contributed by atoms with E-state index in [-0.39, 0.29) is 24.3 Å². The van der Waals surface area contributed by atoms with Gasteiger partial charge in [0.2, 0.25) is 0 Å². The van der Waals surface area contributed by atoms with Crippen LogP contribution in [0.5, 0.6) is 0 Å². The van der Waals surface area contributed by atoms with E-state index in [2.05, 4.69) is 17.0 Å². The Morgan fingerprint density at radius 3 is 2.42 bits per heavy atom. The molecular weight excluding hydrogens is 426 g/mol. The fraction of sp³-hybridized carbons (Fsp3) is 0.625. The lowest BCUT2D eigenvalue weighted by Crippen LogP contribution is -2.58. The number of methoxy groups -OCH3 is 1. The van der Waals surface area contributed by atoms with Crippen molar-refractivity contribution in [2.24, 2.45) is 5.92 Å². The molecule has 180 valence electrons. The minimum Gasteiger partial charge on any atom is -0.467 e. The zero-order valence-electron chi connectivity index (χ0n) is 19.5. The van der Waals surface area contributed by atoms with Crippen molar-refractivity contribution in [1.29, 1.82) is 0 Å². The quantitative estimate of drug-likeness (QED) is 0.559. The maximum absolute atomic E-state index is 13.2. The zero-order chi connectivity index (χ0) is 23.5. The van der Waals surface area contributed by atoms with E-state index in [0.29, 0.717) is 19.5 Å². The highest BCUT2D eigenvalue weighted by Crippen LogP contribution is 2.31. The number of hydrogen-bond donors (Lipinski definition) is 0. The molecule has 3 heterocycles. The van der Waals surface area contributed by atoms with Gasteiger partial charge < -0.3 is 24.0 Å². The van der Waals surface area contributed by atoms with Crippen molar-refractivity contribution >= 4 is 17.8 Å². The fourth-order valence-electron chi connectivity index (χ4n) is 4.74. The molecule has 0 saturated carbocycles. The van der Waals surface area contributed by atoms with Gasteiger partial charge in [0.25, 0.3) is 11.8 Å². The van der Waals surface area contributed by atoms with Crippen LogP contribution < -0.4 is 0 Å². The van der Waals surface area contributed by atoms with Crippen molar-refractivity contribution in [2.75, 3.05) is 39.8 Å². The molecular formula is C24H33N3O6. The number of fused-ring (bicyclic) bond motifs is 2. The number of amides is 2. The van der Waals surface area contributed by atoms with Crippen LogP contribution in [0.25, 0.3) is 0 Å². The van der Waals surface area contributed by atoms with Gasteiger partial charge in [-0.25, -0.2) is 4.79 Å². The fourth-order valence-corrected chi connectivity index (χ4v) is 4.74. The smallest absolute Gasteiger partial charge is 0.328 e. The molecule has 0 spiro atoms. The van der Waals surface area contributed by atoms with Gasteiger partial charge in [0, 0.05) is 32.7 Å². The minimum absolute atomic E-state index is 0.108. The van der Waals surface area contributed by atoms with Crippen molar-refractivity contribution in [3.63, 3.8) is 0 Å². The largest absolute Gasteiger partial charge is 0.467 e. The Labute approximate surface area is 194 Å². The number of esters is 1. The van der Waals surface area contributed by atoms with Crippen LogP contribution >= 0.6 is 0 Å². The molecule has 9 heteroatoms. The Morgan fingerprint density at radius 2 is 1.79 bits per heavy atom. The van der Waals surface area contributed by atoms with Gasteiger partial charge in [-0.1, -0.05) is 44.2 Å².